The number of carbonyl (C=O) groups excluding carboxylic acids is 2. The summed E-state index contributed by atoms with van der Waals surface area (Å²) in [6.45, 7) is 3.63. The molecule has 0 saturated carbocycles. The van der Waals surface area contributed by atoms with Crippen LogP contribution >= 0.6 is 0 Å². The molecule has 0 heterocycles. The normalized spacial score (nSPS) is 11.9. The van der Waals surface area contributed by atoms with E-state index in [0.29, 0.717) is 12.8 Å². The summed E-state index contributed by atoms with van der Waals surface area (Å²) in [5, 5.41) is 2.58. The van der Waals surface area contributed by atoms with Crippen LogP contribution in [0.1, 0.15) is 71.6 Å². The second-order valence-corrected chi connectivity index (χ2v) is 5.00. The van der Waals surface area contributed by atoms with Gasteiger partial charge in [0.1, 0.15) is 6.10 Å². The molecule has 112 valence electrons. The molecule has 1 amide bonds. The molecule has 1 atom stereocenters. The first-order valence-electron chi connectivity index (χ1n) is 7.48. The molecule has 0 bridgehead atoms. The third-order valence-electron chi connectivity index (χ3n) is 3.18. The van der Waals surface area contributed by atoms with Gasteiger partial charge in [0.2, 0.25) is 5.91 Å². The Morgan fingerprint density at radius 2 is 1.68 bits per heavy atom. The van der Waals surface area contributed by atoms with Crippen molar-refractivity contribution in [2.75, 3.05) is 7.05 Å². The molecule has 0 aromatic rings. The van der Waals surface area contributed by atoms with Gasteiger partial charge in [0, 0.05) is 20.4 Å². The van der Waals surface area contributed by atoms with Crippen molar-refractivity contribution >= 4 is 11.9 Å². The van der Waals surface area contributed by atoms with Crippen LogP contribution in [-0.2, 0) is 14.3 Å². The van der Waals surface area contributed by atoms with Gasteiger partial charge >= 0.3 is 5.97 Å². The van der Waals surface area contributed by atoms with Crippen molar-refractivity contribution in [2.24, 2.45) is 0 Å². The van der Waals surface area contributed by atoms with Gasteiger partial charge in [-0.15, -0.1) is 0 Å². The lowest BCUT2D eigenvalue weighted by atomic mass is 10.0. The smallest absolute Gasteiger partial charge is 0.302 e. The number of carbonyl (C=O) groups is 2. The standard InChI is InChI=1S/C15H29NO3/c1-4-5-6-7-8-9-10-14(19-13(2)17)11-12-15(18)16-3/h14H,4-12H2,1-3H3,(H,16,18). The van der Waals surface area contributed by atoms with Crippen LogP contribution in [0.5, 0.6) is 0 Å². The second-order valence-electron chi connectivity index (χ2n) is 5.00. The van der Waals surface area contributed by atoms with Crippen LogP contribution in [0.25, 0.3) is 0 Å². The Morgan fingerprint density at radius 3 is 2.26 bits per heavy atom. The Kier molecular flexibility index (Phi) is 11.3. The molecule has 4 heteroatoms. The minimum absolute atomic E-state index is 0.0000906. The Labute approximate surface area is 117 Å². The van der Waals surface area contributed by atoms with E-state index in [1.54, 1.807) is 7.05 Å². The van der Waals surface area contributed by atoms with E-state index in [-0.39, 0.29) is 18.0 Å². The molecule has 0 aliphatic rings. The van der Waals surface area contributed by atoms with E-state index in [0.717, 1.165) is 12.8 Å². The minimum atomic E-state index is -0.257. The van der Waals surface area contributed by atoms with Crippen LogP contribution in [0.4, 0.5) is 0 Å². The van der Waals surface area contributed by atoms with Crippen molar-refractivity contribution in [3.05, 3.63) is 0 Å². The summed E-state index contributed by atoms with van der Waals surface area (Å²) in [6.07, 6.45) is 9.12. The van der Waals surface area contributed by atoms with Gasteiger partial charge in [0.25, 0.3) is 0 Å². The van der Waals surface area contributed by atoms with Crippen molar-refractivity contribution in [1.82, 2.24) is 5.32 Å². The third-order valence-corrected chi connectivity index (χ3v) is 3.18. The van der Waals surface area contributed by atoms with Crippen molar-refractivity contribution < 1.29 is 14.3 Å². The lowest BCUT2D eigenvalue weighted by Crippen LogP contribution is -2.22. The van der Waals surface area contributed by atoms with E-state index in [2.05, 4.69) is 12.2 Å². The van der Waals surface area contributed by atoms with Crippen molar-refractivity contribution in [3.8, 4) is 0 Å². The molecule has 1 N–H and O–H groups in total. The maximum absolute atomic E-state index is 11.2. The van der Waals surface area contributed by atoms with Gasteiger partial charge in [-0.3, -0.25) is 9.59 Å². The molecule has 0 fully saturated rings. The van der Waals surface area contributed by atoms with Crippen molar-refractivity contribution in [3.63, 3.8) is 0 Å². The number of rotatable bonds is 11. The minimum Gasteiger partial charge on any atom is -0.463 e. The number of nitrogens with one attached hydrogen (secondary N) is 1. The molecular formula is C15H29NO3. The number of esters is 1. The molecular weight excluding hydrogens is 242 g/mol. The monoisotopic (exact) mass is 271 g/mol. The Hall–Kier alpha value is -1.06. The van der Waals surface area contributed by atoms with Gasteiger partial charge in [0.05, 0.1) is 0 Å². The number of amides is 1. The van der Waals surface area contributed by atoms with E-state index in [1.807, 2.05) is 0 Å². The zero-order chi connectivity index (χ0) is 14.5. The van der Waals surface area contributed by atoms with Gasteiger partial charge in [-0.1, -0.05) is 39.0 Å². The highest BCUT2D eigenvalue weighted by molar-refractivity contribution is 5.75. The molecule has 0 aliphatic heterocycles. The fourth-order valence-corrected chi connectivity index (χ4v) is 2.07. The SMILES string of the molecule is CCCCCCCCC(CCC(=O)NC)OC(C)=O. The van der Waals surface area contributed by atoms with Gasteiger partial charge in [-0.05, 0) is 19.3 Å². The maximum Gasteiger partial charge on any atom is 0.302 e. The average Bonchev–Trinajstić information content (AvgIpc) is 2.38. The first kappa shape index (κ1) is 17.9. The fourth-order valence-electron chi connectivity index (χ4n) is 2.07. The molecule has 0 rings (SSSR count). The quantitative estimate of drug-likeness (QED) is 0.464. The summed E-state index contributed by atoms with van der Waals surface area (Å²) in [7, 11) is 1.62. The van der Waals surface area contributed by atoms with E-state index in [4.69, 9.17) is 4.74 Å². The van der Waals surface area contributed by atoms with Gasteiger partial charge in [0.15, 0.2) is 0 Å². The highest BCUT2D eigenvalue weighted by Gasteiger charge is 2.13. The second kappa shape index (κ2) is 12.0. The molecule has 0 radical (unpaired) electrons. The zero-order valence-corrected chi connectivity index (χ0v) is 12.7. The van der Waals surface area contributed by atoms with E-state index in [1.165, 1.54) is 39.0 Å². The molecule has 0 aliphatic carbocycles. The molecule has 0 spiro atoms. The van der Waals surface area contributed by atoms with E-state index < -0.39 is 0 Å². The maximum atomic E-state index is 11.2. The molecule has 0 saturated heterocycles. The highest BCUT2D eigenvalue weighted by atomic mass is 16.5. The first-order valence-corrected chi connectivity index (χ1v) is 7.48. The fraction of sp³-hybridized carbons (Fsp3) is 0.867. The van der Waals surface area contributed by atoms with E-state index >= 15 is 0 Å². The summed E-state index contributed by atoms with van der Waals surface area (Å²) >= 11 is 0. The summed E-state index contributed by atoms with van der Waals surface area (Å²) in [5.41, 5.74) is 0. The lowest BCUT2D eigenvalue weighted by molar-refractivity contribution is -0.147. The highest BCUT2D eigenvalue weighted by Crippen LogP contribution is 2.14. The largest absolute Gasteiger partial charge is 0.463 e. The topological polar surface area (TPSA) is 55.4 Å². The Morgan fingerprint density at radius 1 is 1.05 bits per heavy atom. The third kappa shape index (κ3) is 11.7. The van der Waals surface area contributed by atoms with Crippen LogP contribution in [0.2, 0.25) is 0 Å². The van der Waals surface area contributed by atoms with E-state index in [9.17, 15) is 9.59 Å². The lowest BCUT2D eigenvalue weighted by Gasteiger charge is -2.16. The van der Waals surface area contributed by atoms with Crippen molar-refractivity contribution in [2.45, 2.75) is 77.7 Å². The summed E-state index contributed by atoms with van der Waals surface area (Å²) in [4.78, 5) is 22.2. The van der Waals surface area contributed by atoms with Crippen LogP contribution in [-0.4, -0.2) is 25.0 Å². The molecule has 0 aromatic heterocycles. The van der Waals surface area contributed by atoms with Crippen molar-refractivity contribution in [1.29, 1.82) is 0 Å². The predicted molar refractivity (Wildman–Crippen MR) is 76.8 cm³/mol. The summed E-state index contributed by atoms with van der Waals surface area (Å²) in [5.74, 6) is -0.256. The zero-order valence-electron chi connectivity index (χ0n) is 12.7. The first-order chi connectivity index (χ1) is 9.10. The Bertz CT molecular complexity index is 254. The number of ether oxygens (including phenoxy) is 1. The molecule has 4 nitrogen and oxygen atoms in total. The predicted octanol–water partition coefficient (Wildman–Crippen LogP) is 3.19. The van der Waals surface area contributed by atoms with Crippen LogP contribution in [0, 0.1) is 0 Å². The van der Waals surface area contributed by atoms with Gasteiger partial charge in [-0.25, -0.2) is 0 Å². The van der Waals surface area contributed by atoms with Gasteiger partial charge in [-0.2, -0.15) is 0 Å². The van der Waals surface area contributed by atoms with Gasteiger partial charge < -0.3 is 10.1 Å². The average molecular weight is 271 g/mol. The molecule has 0 aromatic carbocycles. The summed E-state index contributed by atoms with van der Waals surface area (Å²) < 4.78 is 5.25. The molecule has 1 unspecified atom stereocenters. The van der Waals surface area contributed by atoms with Crippen LogP contribution in [0.15, 0.2) is 0 Å². The number of unbranched alkanes of at least 4 members (excludes halogenated alkanes) is 5. The van der Waals surface area contributed by atoms with Crippen LogP contribution < -0.4 is 5.32 Å². The Balaban J connectivity index is 3.79. The summed E-state index contributed by atoms with van der Waals surface area (Å²) in [6, 6.07) is 0. The van der Waals surface area contributed by atoms with Crippen LogP contribution in [0.3, 0.4) is 0 Å². The number of hydrogen-bond donors (Lipinski definition) is 1. The number of hydrogen-bond acceptors (Lipinski definition) is 3. The molecule has 19 heavy (non-hydrogen) atoms.